The molecule has 2 aromatic heterocycles. The molecule has 0 aliphatic carbocycles. The molecule has 0 spiro atoms. The maximum Gasteiger partial charge on any atom is 0.273 e. The van der Waals surface area contributed by atoms with Crippen molar-refractivity contribution in [3.63, 3.8) is 0 Å². The van der Waals surface area contributed by atoms with E-state index in [1.165, 1.54) is 31.4 Å². The van der Waals surface area contributed by atoms with Crippen LogP contribution in [0.5, 0.6) is 17.4 Å². The largest absolute Gasteiger partial charge is 0.479 e. The number of halogens is 2. The number of aromatic nitrogens is 2. The second-order valence-electron chi connectivity index (χ2n) is 6.94. The molecule has 9 heteroatoms. The van der Waals surface area contributed by atoms with Crippen LogP contribution in [-0.2, 0) is 7.05 Å². The van der Waals surface area contributed by atoms with Gasteiger partial charge in [0, 0.05) is 53.7 Å². The van der Waals surface area contributed by atoms with Gasteiger partial charge in [-0.3, -0.25) is 10.1 Å². The molecule has 0 aliphatic rings. The van der Waals surface area contributed by atoms with Gasteiger partial charge < -0.3 is 14.0 Å². The van der Waals surface area contributed by atoms with Crippen LogP contribution in [0.15, 0.2) is 48.8 Å². The van der Waals surface area contributed by atoms with Crippen LogP contribution in [0, 0.1) is 22.9 Å². The summed E-state index contributed by atoms with van der Waals surface area (Å²) in [5.74, 6) is 0.361. The fraction of sp³-hybridized carbons (Fsp3) is 0.136. The van der Waals surface area contributed by atoms with Gasteiger partial charge in [-0.1, -0.05) is 11.6 Å². The topological polar surface area (TPSA) is 79.4 Å². The van der Waals surface area contributed by atoms with Gasteiger partial charge in [0.05, 0.1) is 17.1 Å². The van der Waals surface area contributed by atoms with Crippen molar-refractivity contribution in [2.75, 3.05) is 7.11 Å². The lowest BCUT2D eigenvalue weighted by molar-refractivity contribution is -0.385. The molecule has 0 radical (unpaired) electrons. The average Bonchev–Trinajstić information content (AvgIpc) is 3.07. The van der Waals surface area contributed by atoms with Crippen LogP contribution in [0.2, 0.25) is 5.02 Å². The number of nitro groups is 1. The van der Waals surface area contributed by atoms with Crippen LogP contribution >= 0.6 is 11.6 Å². The minimum Gasteiger partial charge on any atom is -0.479 e. The highest BCUT2D eigenvalue weighted by Crippen LogP contribution is 2.42. The maximum absolute atomic E-state index is 13.9. The second-order valence-corrected chi connectivity index (χ2v) is 7.35. The van der Waals surface area contributed by atoms with Crippen LogP contribution < -0.4 is 9.47 Å². The SMILES string of the molecule is COc1nccc2c(-c3cc([N+](=O)[O-])c(C)cc3Oc3ccc(Cl)c(F)c3)cn(C)c12. The molecule has 0 N–H and O–H groups in total. The Hall–Kier alpha value is -3.65. The molecule has 4 aromatic rings. The van der Waals surface area contributed by atoms with Crippen molar-refractivity contribution in [3.05, 3.63) is 75.3 Å². The third-order valence-corrected chi connectivity index (χ3v) is 5.26. The fourth-order valence-corrected chi connectivity index (χ4v) is 3.63. The van der Waals surface area contributed by atoms with E-state index >= 15 is 0 Å². The molecule has 4 rings (SSSR count). The van der Waals surface area contributed by atoms with Gasteiger partial charge in [0.15, 0.2) is 0 Å². The normalized spacial score (nSPS) is 11.0. The molecule has 2 heterocycles. The molecular weight excluding hydrogens is 425 g/mol. The van der Waals surface area contributed by atoms with Gasteiger partial charge in [0.1, 0.15) is 22.8 Å². The van der Waals surface area contributed by atoms with E-state index in [-0.39, 0.29) is 16.5 Å². The standard InChI is InChI=1S/C22H17ClFN3O4/c1-12-8-20(31-13-4-5-17(23)18(24)9-13)15(10-19(12)27(28)29)16-11-26(2)21-14(16)6-7-25-22(21)30-3/h4-11H,1-3H3. The van der Waals surface area contributed by atoms with E-state index in [1.54, 1.807) is 25.3 Å². The van der Waals surface area contributed by atoms with Gasteiger partial charge in [-0.2, -0.15) is 0 Å². The van der Waals surface area contributed by atoms with Gasteiger partial charge in [-0.05, 0) is 31.2 Å². The van der Waals surface area contributed by atoms with Crippen LogP contribution in [0.3, 0.4) is 0 Å². The number of ether oxygens (including phenoxy) is 2. The van der Waals surface area contributed by atoms with E-state index in [0.717, 1.165) is 10.9 Å². The minimum atomic E-state index is -0.625. The molecule has 0 aliphatic heterocycles. The molecule has 0 atom stereocenters. The molecule has 0 saturated carbocycles. The lowest BCUT2D eigenvalue weighted by atomic mass is 10.0. The molecule has 0 saturated heterocycles. The van der Waals surface area contributed by atoms with Crippen LogP contribution in [-0.4, -0.2) is 21.6 Å². The summed E-state index contributed by atoms with van der Waals surface area (Å²) in [5.41, 5.74) is 2.25. The Bertz CT molecular complexity index is 1340. The zero-order valence-electron chi connectivity index (χ0n) is 16.8. The van der Waals surface area contributed by atoms with E-state index in [1.807, 2.05) is 17.8 Å². The number of aryl methyl sites for hydroxylation is 2. The summed E-state index contributed by atoms with van der Waals surface area (Å²) in [6.07, 6.45) is 3.42. The number of benzene rings is 2. The number of fused-ring (bicyclic) bond motifs is 1. The zero-order valence-corrected chi connectivity index (χ0v) is 17.6. The molecule has 31 heavy (non-hydrogen) atoms. The number of hydrogen-bond donors (Lipinski definition) is 0. The van der Waals surface area contributed by atoms with Gasteiger partial charge in [0.2, 0.25) is 5.88 Å². The van der Waals surface area contributed by atoms with Crippen LogP contribution in [0.4, 0.5) is 10.1 Å². The minimum absolute atomic E-state index is 0.0268. The van der Waals surface area contributed by atoms with Crippen molar-refractivity contribution in [3.8, 4) is 28.5 Å². The molecular formula is C22H17ClFN3O4. The van der Waals surface area contributed by atoms with E-state index in [9.17, 15) is 14.5 Å². The Balaban J connectivity index is 1.96. The van der Waals surface area contributed by atoms with Crippen LogP contribution in [0.25, 0.3) is 22.0 Å². The van der Waals surface area contributed by atoms with E-state index in [4.69, 9.17) is 21.1 Å². The van der Waals surface area contributed by atoms with Gasteiger partial charge >= 0.3 is 0 Å². The number of pyridine rings is 1. The summed E-state index contributed by atoms with van der Waals surface area (Å²) < 4.78 is 27.1. The lowest BCUT2D eigenvalue weighted by Gasteiger charge is -2.13. The van der Waals surface area contributed by atoms with E-state index in [0.29, 0.717) is 28.3 Å². The molecule has 158 valence electrons. The third-order valence-electron chi connectivity index (χ3n) is 4.95. The van der Waals surface area contributed by atoms with Crippen molar-refractivity contribution in [1.82, 2.24) is 9.55 Å². The fourth-order valence-electron chi connectivity index (χ4n) is 3.51. The molecule has 0 amide bonds. The van der Waals surface area contributed by atoms with Crippen molar-refractivity contribution in [2.24, 2.45) is 7.05 Å². The van der Waals surface area contributed by atoms with Crippen molar-refractivity contribution in [2.45, 2.75) is 6.92 Å². The van der Waals surface area contributed by atoms with Gasteiger partial charge in [0.25, 0.3) is 5.69 Å². The molecule has 2 aromatic carbocycles. The summed E-state index contributed by atoms with van der Waals surface area (Å²) in [7, 11) is 3.35. The highest BCUT2D eigenvalue weighted by atomic mass is 35.5. The smallest absolute Gasteiger partial charge is 0.273 e. The monoisotopic (exact) mass is 441 g/mol. The first kappa shape index (κ1) is 20.6. The highest BCUT2D eigenvalue weighted by molar-refractivity contribution is 6.30. The second kappa shape index (κ2) is 7.88. The first-order chi connectivity index (χ1) is 14.8. The predicted octanol–water partition coefficient (Wildman–Crippen LogP) is 6.05. The maximum atomic E-state index is 13.9. The third kappa shape index (κ3) is 3.66. The number of methoxy groups -OCH3 is 1. The van der Waals surface area contributed by atoms with Crippen molar-refractivity contribution in [1.29, 1.82) is 0 Å². The first-order valence-corrected chi connectivity index (χ1v) is 9.58. The molecule has 0 fully saturated rings. The quantitative estimate of drug-likeness (QED) is 0.278. The molecule has 0 unspecified atom stereocenters. The van der Waals surface area contributed by atoms with Crippen LogP contribution in [0.1, 0.15) is 5.56 Å². The lowest BCUT2D eigenvalue weighted by Crippen LogP contribution is -1.96. The Morgan fingerprint density at radius 3 is 2.65 bits per heavy atom. The zero-order chi connectivity index (χ0) is 22.3. The summed E-state index contributed by atoms with van der Waals surface area (Å²) in [6.45, 7) is 1.62. The Kier molecular flexibility index (Phi) is 5.24. The molecule has 7 nitrogen and oxygen atoms in total. The number of nitrogens with zero attached hydrogens (tertiary/aromatic N) is 3. The van der Waals surface area contributed by atoms with Gasteiger partial charge in [-0.15, -0.1) is 0 Å². The van der Waals surface area contributed by atoms with Crippen molar-refractivity contribution >= 4 is 28.2 Å². The Morgan fingerprint density at radius 1 is 1.19 bits per heavy atom. The predicted molar refractivity (Wildman–Crippen MR) is 116 cm³/mol. The van der Waals surface area contributed by atoms with E-state index < -0.39 is 10.7 Å². The first-order valence-electron chi connectivity index (χ1n) is 9.20. The highest BCUT2D eigenvalue weighted by Gasteiger charge is 2.22. The Labute approximate surface area is 181 Å². The number of rotatable bonds is 5. The summed E-state index contributed by atoms with van der Waals surface area (Å²) in [4.78, 5) is 15.4. The van der Waals surface area contributed by atoms with Crippen molar-refractivity contribution < 1.29 is 18.8 Å². The Morgan fingerprint density at radius 2 is 1.97 bits per heavy atom. The summed E-state index contributed by atoms with van der Waals surface area (Å²) in [5, 5.41) is 12.3. The summed E-state index contributed by atoms with van der Waals surface area (Å²) in [6, 6.07) is 8.90. The number of hydrogen-bond acceptors (Lipinski definition) is 5. The average molecular weight is 442 g/mol. The number of nitro benzene ring substituents is 1. The van der Waals surface area contributed by atoms with E-state index in [2.05, 4.69) is 4.98 Å². The van der Waals surface area contributed by atoms with Gasteiger partial charge in [-0.25, -0.2) is 9.37 Å². The molecule has 0 bridgehead atoms. The summed E-state index contributed by atoms with van der Waals surface area (Å²) >= 11 is 5.76.